The molecule has 1 heterocycles. The maximum Gasteiger partial charge on any atom is 0.0648 e. The Labute approximate surface area is 93.7 Å². The number of hydrogen-bond acceptors (Lipinski definition) is 2. The van der Waals surface area contributed by atoms with Gasteiger partial charge in [0.05, 0.1) is 5.60 Å². The minimum absolute atomic E-state index is 0.278. The molecular weight excluding hydrogens is 186 g/mol. The second-order valence-corrected chi connectivity index (χ2v) is 5.52. The van der Waals surface area contributed by atoms with Crippen molar-refractivity contribution in [2.45, 2.75) is 57.5 Å². The Hall–Kier alpha value is -0.0800. The van der Waals surface area contributed by atoms with Crippen LogP contribution in [0.2, 0.25) is 0 Å². The van der Waals surface area contributed by atoms with E-state index in [-0.39, 0.29) is 5.60 Å². The fraction of sp³-hybridized carbons (Fsp3) is 1.00. The number of nitrogens with zero attached hydrogens (tertiary/aromatic N) is 1. The number of rotatable bonds is 4. The largest absolute Gasteiger partial charge is 0.390 e. The molecule has 1 N–H and O–H groups in total. The third-order valence-electron chi connectivity index (χ3n) is 4.37. The molecule has 0 aromatic carbocycles. The molecule has 0 aromatic heterocycles. The second kappa shape index (κ2) is 4.84. The Morgan fingerprint density at radius 2 is 2.07 bits per heavy atom. The van der Waals surface area contributed by atoms with Crippen molar-refractivity contribution in [3.63, 3.8) is 0 Å². The lowest BCUT2D eigenvalue weighted by molar-refractivity contribution is 0.0326. The van der Waals surface area contributed by atoms with Crippen molar-refractivity contribution in [1.82, 2.24) is 4.90 Å². The summed E-state index contributed by atoms with van der Waals surface area (Å²) >= 11 is 0. The van der Waals surface area contributed by atoms with E-state index in [4.69, 9.17) is 0 Å². The van der Waals surface area contributed by atoms with Crippen LogP contribution in [-0.2, 0) is 0 Å². The van der Waals surface area contributed by atoms with E-state index in [1.807, 2.05) is 0 Å². The van der Waals surface area contributed by atoms with Crippen molar-refractivity contribution in [2.24, 2.45) is 5.92 Å². The van der Waals surface area contributed by atoms with Crippen LogP contribution in [0.25, 0.3) is 0 Å². The van der Waals surface area contributed by atoms with Crippen LogP contribution in [0.5, 0.6) is 0 Å². The Bertz CT molecular complexity index is 199. The first-order chi connectivity index (χ1) is 7.22. The van der Waals surface area contributed by atoms with Gasteiger partial charge in [-0.3, -0.25) is 0 Å². The summed E-state index contributed by atoms with van der Waals surface area (Å²) < 4.78 is 0. The van der Waals surface area contributed by atoms with Gasteiger partial charge in [0.25, 0.3) is 0 Å². The van der Waals surface area contributed by atoms with Crippen LogP contribution in [0, 0.1) is 5.92 Å². The van der Waals surface area contributed by atoms with Gasteiger partial charge in [-0.1, -0.05) is 19.8 Å². The summed E-state index contributed by atoms with van der Waals surface area (Å²) in [6.45, 7) is 5.99. The van der Waals surface area contributed by atoms with E-state index in [0.29, 0.717) is 0 Å². The molecule has 88 valence electrons. The normalized spacial score (nSPS) is 31.2. The Kier molecular flexibility index (Phi) is 3.68. The lowest BCUT2D eigenvalue weighted by Crippen LogP contribution is -2.25. The molecule has 2 fully saturated rings. The first-order valence-electron chi connectivity index (χ1n) is 6.66. The molecule has 2 rings (SSSR count). The second-order valence-electron chi connectivity index (χ2n) is 5.52. The van der Waals surface area contributed by atoms with Crippen molar-refractivity contribution in [1.29, 1.82) is 0 Å². The van der Waals surface area contributed by atoms with E-state index in [0.717, 1.165) is 25.2 Å². The van der Waals surface area contributed by atoms with Crippen LogP contribution >= 0.6 is 0 Å². The van der Waals surface area contributed by atoms with Gasteiger partial charge in [-0.05, 0) is 51.1 Å². The topological polar surface area (TPSA) is 23.5 Å². The van der Waals surface area contributed by atoms with Crippen LogP contribution < -0.4 is 0 Å². The smallest absolute Gasteiger partial charge is 0.0648 e. The van der Waals surface area contributed by atoms with Gasteiger partial charge in [-0.15, -0.1) is 0 Å². The van der Waals surface area contributed by atoms with Crippen LogP contribution in [0.4, 0.5) is 0 Å². The molecule has 2 heteroatoms. The Morgan fingerprint density at radius 1 is 1.33 bits per heavy atom. The minimum atomic E-state index is -0.278. The maximum absolute atomic E-state index is 10.3. The first-order valence-corrected chi connectivity index (χ1v) is 6.66. The minimum Gasteiger partial charge on any atom is -0.390 e. The van der Waals surface area contributed by atoms with Gasteiger partial charge in [0.2, 0.25) is 0 Å². The number of aliphatic hydroxyl groups is 1. The van der Waals surface area contributed by atoms with Crippen LogP contribution in [-0.4, -0.2) is 35.2 Å². The van der Waals surface area contributed by atoms with E-state index in [1.54, 1.807) is 0 Å². The molecule has 0 bridgehead atoms. The average molecular weight is 211 g/mol. The molecule has 1 unspecified atom stereocenters. The molecule has 0 spiro atoms. The first kappa shape index (κ1) is 11.4. The van der Waals surface area contributed by atoms with E-state index < -0.39 is 0 Å². The van der Waals surface area contributed by atoms with Crippen molar-refractivity contribution < 1.29 is 5.11 Å². The van der Waals surface area contributed by atoms with E-state index in [2.05, 4.69) is 11.8 Å². The van der Waals surface area contributed by atoms with Crippen LogP contribution in [0.3, 0.4) is 0 Å². The highest BCUT2D eigenvalue weighted by molar-refractivity contribution is 4.86. The summed E-state index contributed by atoms with van der Waals surface area (Å²) in [5, 5.41) is 10.3. The molecular formula is C13H25NO. The van der Waals surface area contributed by atoms with Gasteiger partial charge >= 0.3 is 0 Å². The number of hydrogen-bond donors (Lipinski definition) is 1. The van der Waals surface area contributed by atoms with Gasteiger partial charge < -0.3 is 10.0 Å². The van der Waals surface area contributed by atoms with Crippen molar-refractivity contribution in [3.8, 4) is 0 Å². The van der Waals surface area contributed by atoms with Gasteiger partial charge in [0.15, 0.2) is 0 Å². The third kappa shape index (κ3) is 2.94. The van der Waals surface area contributed by atoms with Crippen molar-refractivity contribution >= 4 is 0 Å². The number of likely N-dealkylation sites (tertiary alicyclic amines) is 1. The molecule has 0 amide bonds. The van der Waals surface area contributed by atoms with E-state index in [1.165, 1.54) is 45.3 Å². The Balaban J connectivity index is 1.70. The summed E-state index contributed by atoms with van der Waals surface area (Å²) in [4.78, 5) is 2.53. The zero-order valence-corrected chi connectivity index (χ0v) is 10.0. The molecule has 1 atom stereocenters. The highest BCUT2D eigenvalue weighted by Gasteiger charge is 2.32. The molecule has 0 radical (unpaired) electrons. The van der Waals surface area contributed by atoms with Gasteiger partial charge in [-0.2, -0.15) is 0 Å². The van der Waals surface area contributed by atoms with Crippen molar-refractivity contribution in [3.05, 3.63) is 0 Å². The molecule has 1 saturated carbocycles. The van der Waals surface area contributed by atoms with Gasteiger partial charge in [0, 0.05) is 6.54 Å². The third-order valence-corrected chi connectivity index (χ3v) is 4.37. The van der Waals surface area contributed by atoms with Gasteiger partial charge in [-0.25, -0.2) is 0 Å². The molecule has 2 aliphatic rings. The predicted molar refractivity (Wildman–Crippen MR) is 62.9 cm³/mol. The standard InChI is InChI=1S/C13H25NO/c1-2-14-10-6-12(11-14)5-9-13(15)7-3-4-8-13/h12,15H,2-11H2,1H3. The molecule has 15 heavy (non-hydrogen) atoms. The summed E-state index contributed by atoms with van der Waals surface area (Å²) in [6.07, 6.45) is 8.23. The highest BCUT2D eigenvalue weighted by Crippen LogP contribution is 2.35. The summed E-state index contributed by atoms with van der Waals surface area (Å²) in [5.41, 5.74) is -0.278. The molecule has 2 nitrogen and oxygen atoms in total. The zero-order valence-electron chi connectivity index (χ0n) is 10.0. The monoisotopic (exact) mass is 211 g/mol. The van der Waals surface area contributed by atoms with Gasteiger partial charge in [0.1, 0.15) is 0 Å². The maximum atomic E-state index is 10.3. The summed E-state index contributed by atoms with van der Waals surface area (Å²) in [6, 6.07) is 0. The average Bonchev–Trinajstić information content (AvgIpc) is 2.84. The van der Waals surface area contributed by atoms with Crippen molar-refractivity contribution in [2.75, 3.05) is 19.6 Å². The summed E-state index contributed by atoms with van der Waals surface area (Å²) in [5.74, 6) is 0.856. The SMILES string of the molecule is CCN1CCC(CCC2(O)CCCC2)C1. The molecule has 1 aliphatic heterocycles. The van der Waals surface area contributed by atoms with Crippen LogP contribution in [0.15, 0.2) is 0 Å². The Morgan fingerprint density at radius 3 is 2.67 bits per heavy atom. The molecule has 1 saturated heterocycles. The molecule has 0 aromatic rings. The van der Waals surface area contributed by atoms with Crippen LogP contribution in [0.1, 0.15) is 51.9 Å². The highest BCUT2D eigenvalue weighted by atomic mass is 16.3. The van der Waals surface area contributed by atoms with E-state index >= 15 is 0 Å². The lowest BCUT2D eigenvalue weighted by atomic mass is 9.90. The quantitative estimate of drug-likeness (QED) is 0.772. The lowest BCUT2D eigenvalue weighted by Gasteiger charge is -2.23. The summed E-state index contributed by atoms with van der Waals surface area (Å²) in [7, 11) is 0. The zero-order chi connectivity index (χ0) is 10.7. The fourth-order valence-electron chi connectivity index (χ4n) is 3.19. The molecule has 1 aliphatic carbocycles. The predicted octanol–water partition coefficient (Wildman–Crippen LogP) is 2.41. The fourth-order valence-corrected chi connectivity index (χ4v) is 3.19. The van der Waals surface area contributed by atoms with E-state index in [9.17, 15) is 5.11 Å².